The highest BCUT2D eigenvalue weighted by atomic mass is 32.2. The lowest BCUT2D eigenvalue weighted by atomic mass is 9.57. The van der Waals surface area contributed by atoms with Gasteiger partial charge in [-0.2, -0.15) is 11.8 Å². The molecule has 0 nitrogen and oxygen atoms in total. The van der Waals surface area contributed by atoms with Gasteiger partial charge >= 0.3 is 0 Å². The number of rotatable bonds is 7. The van der Waals surface area contributed by atoms with Crippen molar-refractivity contribution in [3.05, 3.63) is 0 Å². The largest absolute Gasteiger partial charge is 0.158 e. The second-order valence-corrected chi connectivity index (χ2v) is 9.54. The molecular formula is C19H36S. The monoisotopic (exact) mass is 296 g/mol. The van der Waals surface area contributed by atoms with Gasteiger partial charge in [-0.05, 0) is 66.4 Å². The molecular weight excluding hydrogens is 260 g/mol. The van der Waals surface area contributed by atoms with Crippen molar-refractivity contribution in [3.8, 4) is 0 Å². The average Bonchev–Trinajstić information content (AvgIpc) is 2.95. The van der Waals surface area contributed by atoms with Crippen LogP contribution in [0.25, 0.3) is 0 Å². The quantitative estimate of drug-likeness (QED) is 0.500. The van der Waals surface area contributed by atoms with Gasteiger partial charge in [-0.1, -0.05) is 48.0 Å². The second kappa shape index (κ2) is 6.63. The third-order valence-electron chi connectivity index (χ3n) is 6.76. The predicted octanol–water partition coefficient (Wildman–Crippen LogP) is 6.25. The van der Waals surface area contributed by atoms with Crippen LogP contribution >= 0.6 is 11.8 Å². The first-order valence-corrected chi connectivity index (χ1v) is 10.1. The summed E-state index contributed by atoms with van der Waals surface area (Å²) in [5.74, 6) is 6.03. The molecule has 2 aliphatic rings. The molecule has 20 heavy (non-hydrogen) atoms. The van der Waals surface area contributed by atoms with Gasteiger partial charge in [0.25, 0.3) is 0 Å². The molecule has 5 atom stereocenters. The van der Waals surface area contributed by atoms with Crippen LogP contribution in [-0.4, -0.2) is 11.0 Å². The third kappa shape index (κ3) is 2.81. The van der Waals surface area contributed by atoms with Gasteiger partial charge in [-0.25, -0.2) is 0 Å². The Kier molecular flexibility index (Phi) is 5.54. The summed E-state index contributed by atoms with van der Waals surface area (Å²) in [6, 6.07) is 0. The topological polar surface area (TPSA) is 0 Å². The molecule has 0 saturated heterocycles. The normalized spacial score (nSPS) is 38.1. The zero-order chi connectivity index (χ0) is 14.9. The van der Waals surface area contributed by atoms with Gasteiger partial charge in [0.05, 0.1) is 0 Å². The van der Waals surface area contributed by atoms with Gasteiger partial charge < -0.3 is 0 Å². The van der Waals surface area contributed by atoms with E-state index in [-0.39, 0.29) is 0 Å². The molecule has 0 amide bonds. The van der Waals surface area contributed by atoms with E-state index in [1.807, 2.05) is 0 Å². The fourth-order valence-corrected chi connectivity index (χ4v) is 6.96. The molecule has 5 unspecified atom stereocenters. The molecule has 0 aromatic carbocycles. The van der Waals surface area contributed by atoms with Crippen LogP contribution in [0.3, 0.4) is 0 Å². The molecule has 2 aliphatic carbocycles. The molecule has 2 rings (SSSR count). The van der Waals surface area contributed by atoms with Crippen LogP contribution in [0.4, 0.5) is 0 Å². The van der Waals surface area contributed by atoms with E-state index < -0.39 is 0 Å². The maximum atomic E-state index is 2.55. The standard InChI is InChI=1S/C19H36S/c1-7-8-9-20-18-11-17-10-16(18)12-19(17,14(4)5)15(6)13(2)3/h13-18H,7-12H2,1-6H3. The minimum absolute atomic E-state index is 0.653. The highest BCUT2D eigenvalue weighted by molar-refractivity contribution is 7.99. The zero-order valence-electron chi connectivity index (χ0n) is 14.6. The Balaban J connectivity index is 2.03. The Hall–Kier alpha value is 0.350. The fourth-order valence-electron chi connectivity index (χ4n) is 5.36. The molecule has 2 fully saturated rings. The lowest BCUT2D eigenvalue weighted by molar-refractivity contribution is 0.00723. The lowest BCUT2D eigenvalue weighted by Gasteiger charge is -2.49. The van der Waals surface area contributed by atoms with Crippen molar-refractivity contribution in [1.82, 2.24) is 0 Å². The van der Waals surface area contributed by atoms with Crippen LogP contribution < -0.4 is 0 Å². The maximum Gasteiger partial charge on any atom is 0.00784 e. The molecule has 0 spiro atoms. The Bertz CT molecular complexity index is 309. The van der Waals surface area contributed by atoms with Crippen LogP contribution in [0.5, 0.6) is 0 Å². The smallest absolute Gasteiger partial charge is 0.00784 e. The van der Waals surface area contributed by atoms with Crippen LogP contribution in [0.2, 0.25) is 0 Å². The van der Waals surface area contributed by atoms with Gasteiger partial charge in [0.2, 0.25) is 0 Å². The molecule has 2 bridgehead atoms. The van der Waals surface area contributed by atoms with E-state index >= 15 is 0 Å². The fraction of sp³-hybridized carbons (Fsp3) is 1.00. The summed E-state index contributed by atoms with van der Waals surface area (Å²) in [6.07, 6.45) is 7.36. The van der Waals surface area contributed by atoms with Crippen molar-refractivity contribution in [2.45, 2.75) is 78.9 Å². The molecule has 1 heteroatoms. The van der Waals surface area contributed by atoms with Gasteiger partial charge in [0, 0.05) is 5.25 Å². The van der Waals surface area contributed by atoms with Crippen molar-refractivity contribution in [3.63, 3.8) is 0 Å². The number of hydrogen-bond donors (Lipinski definition) is 0. The maximum absolute atomic E-state index is 2.55. The van der Waals surface area contributed by atoms with Gasteiger partial charge in [0.1, 0.15) is 0 Å². The van der Waals surface area contributed by atoms with Crippen molar-refractivity contribution < 1.29 is 0 Å². The molecule has 0 radical (unpaired) electrons. The third-order valence-corrected chi connectivity index (χ3v) is 8.29. The number of fused-ring (bicyclic) bond motifs is 2. The predicted molar refractivity (Wildman–Crippen MR) is 93.3 cm³/mol. The van der Waals surface area contributed by atoms with Gasteiger partial charge in [-0.15, -0.1) is 0 Å². The highest BCUT2D eigenvalue weighted by Crippen LogP contribution is 2.65. The van der Waals surface area contributed by atoms with Crippen molar-refractivity contribution in [2.24, 2.45) is 35.0 Å². The molecule has 118 valence electrons. The number of unbranched alkanes of at least 4 members (excludes halogenated alkanes) is 1. The Morgan fingerprint density at radius 3 is 2.25 bits per heavy atom. The van der Waals surface area contributed by atoms with Crippen LogP contribution in [-0.2, 0) is 0 Å². The summed E-state index contributed by atoms with van der Waals surface area (Å²) in [4.78, 5) is 0. The first kappa shape index (κ1) is 16.7. The zero-order valence-corrected chi connectivity index (χ0v) is 15.4. The summed E-state index contributed by atoms with van der Waals surface area (Å²) in [5, 5.41) is 0.998. The van der Waals surface area contributed by atoms with Crippen LogP contribution in [0, 0.1) is 35.0 Å². The summed E-state index contributed by atoms with van der Waals surface area (Å²) in [5.41, 5.74) is 0.653. The highest BCUT2D eigenvalue weighted by Gasteiger charge is 2.58. The summed E-state index contributed by atoms with van der Waals surface area (Å²) < 4.78 is 0. The van der Waals surface area contributed by atoms with E-state index in [2.05, 4.69) is 53.3 Å². The number of thioether (sulfide) groups is 1. The summed E-state index contributed by atoms with van der Waals surface area (Å²) in [7, 11) is 0. The van der Waals surface area contributed by atoms with E-state index in [1.54, 1.807) is 6.42 Å². The summed E-state index contributed by atoms with van der Waals surface area (Å²) in [6.45, 7) is 14.7. The molecule has 0 aliphatic heterocycles. The minimum atomic E-state index is 0.653. The van der Waals surface area contributed by atoms with Crippen LogP contribution in [0.15, 0.2) is 0 Å². The van der Waals surface area contributed by atoms with E-state index in [0.717, 1.165) is 34.8 Å². The van der Waals surface area contributed by atoms with E-state index in [1.165, 1.54) is 31.4 Å². The summed E-state index contributed by atoms with van der Waals surface area (Å²) >= 11 is 2.30. The van der Waals surface area contributed by atoms with E-state index in [4.69, 9.17) is 0 Å². The Morgan fingerprint density at radius 2 is 1.80 bits per heavy atom. The molecule has 2 saturated carbocycles. The molecule has 0 aromatic heterocycles. The lowest BCUT2D eigenvalue weighted by Crippen LogP contribution is -2.43. The van der Waals surface area contributed by atoms with Gasteiger partial charge in [-0.3, -0.25) is 0 Å². The van der Waals surface area contributed by atoms with E-state index in [0.29, 0.717) is 5.41 Å². The van der Waals surface area contributed by atoms with Crippen molar-refractivity contribution >= 4 is 11.8 Å². The van der Waals surface area contributed by atoms with Crippen LogP contribution in [0.1, 0.15) is 73.6 Å². The second-order valence-electron chi connectivity index (χ2n) is 8.20. The molecule has 0 heterocycles. The first-order valence-electron chi connectivity index (χ1n) is 9.05. The Labute approximate surface area is 131 Å². The average molecular weight is 297 g/mol. The van der Waals surface area contributed by atoms with E-state index in [9.17, 15) is 0 Å². The molecule has 0 aromatic rings. The Morgan fingerprint density at radius 1 is 1.10 bits per heavy atom. The van der Waals surface area contributed by atoms with Crippen molar-refractivity contribution in [2.75, 3.05) is 5.75 Å². The molecule has 0 N–H and O–H groups in total. The van der Waals surface area contributed by atoms with Crippen molar-refractivity contribution in [1.29, 1.82) is 0 Å². The first-order chi connectivity index (χ1) is 9.43. The minimum Gasteiger partial charge on any atom is -0.158 e. The SMILES string of the molecule is CCCCSC1CC2CC1CC2(C(C)C)C(C)C(C)C. The number of hydrogen-bond acceptors (Lipinski definition) is 1. The van der Waals surface area contributed by atoms with Gasteiger partial charge in [0.15, 0.2) is 0 Å².